The first-order valence-electron chi connectivity index (χ1n) is 9.58. The van der Waals surface area contributed by atoms with Crippen LogP contribution in [0, 0.1) is 18.6 Å². The van der Waals surface area contributed by atoms with Crippen LogP contribution in [-0.2, 0) is 17.9 Å². The van der Waals surface area contributed by atoms with Gasteiger partial charge in [0.2, 0.25) is 5.91 Å². The Kier molecular flexibility index (Phi) is 5.77. The number of rotatable bonds is 5. The summed E-state index contributed by atoms with van der Waals surface area (Å²) >= 11 is 1.33. The van der Waals surface area contributed by atoms with E-state index < -0.39 is 22.8 Å². The Morgan fingerprint density at radius 2 is 1.94 bits per heavy atom. The first kappa shape index (κ1) is 21.0. The molecule has 0 saturated carbocycles. The lowest BCUT2D eigenvalue weighted by atomic mass is 10.2. The van der Waals surface area contributed by atoms with E-state index in [1.54, 1.807) is 31.2 Å². The van der Waals surface area contributed by atoms with Crippen LogP contribution in [0.4, 0.5) is 14.6 Å². The Bertz CT molecular complexity index is 1140. The standard InChI is InChI=1S/C22H19F2N3O3S/c1-12-3-4-17(30-12)10-25-21(28)18-5-6-19-20(26-18)27(22(29)13(2)31-19)11-14-7-15(23)9-16(24)8-14/h3-9,13H,10-11H2,1-2H3,(H,25,28). The van der Waals surface area contributed by atoms with E-state index in [1.165, 1.54) is 28.8 Å². The molecule has 3 aromatic rings. The maximum Gasteiger partial charge on any atom is 0.270 e. The molecule has 0 spiro atoms. The predicted octanol–water partition coefficient (Wildman–Crippen LogP) is 4.22. The molecular weight excluding hydrogens is 424 g/mol. The molecule has 2 aromatic heterocycles. The summed E-state index contributed by atoms with van der Waals surface area (Å²) in [5.41, 5.74) is 0.418. The van der Waals surface area contributed by atoms with Gasteiger partial charge in [-0.15, -0.1) is 11.8 Å². The molecule has 0 fully saturated rings. The van der Waals surface area contributed by atoms with Gasteiger partial charge in [0.15, 0.2) is 0 Å². The fourth-order valence-electron chi connectivity index (χ4n) is 3.29. The number of anilines is 1. The van der Waals surface area contributed by atoms with Crippen LogP contribution in [0.1, 0.15) is 34.5 Å². The molecule has 1 aliphatic heterocycles. The SMILES string of the molecule is Cc1ccc(CNC(=O)c2ccc3c(n2)N(Cc2cc(F)cc(F)c2)C(=O)C(C)S3)o1. The summed E-state index contributed by atoms with van der Waals surface area (Å²) in [5.74, 6) is -0.488. The number of aryl methyl sites for hydroxylation is 1. The van der Waals surface area contributed by atoms with Gasteiger partial charge < -0.3 is 9.73 Å². The molecule has 160 valence electrons. The zero-order chi connectivity index (χ0) is 22.1. The maximum absolute atomic E-state index is 13.6. The summed E-state index contributed by atoms with van der Waals surface area (Å²) in [6.45, 7) is 3.70. The maximum atomic E-state index is 13.6. The van der Waals surface area contributed by atoms with Gasteiger partial charge >= 0.3 is 0 Å². The number of amides is 2. The van der Waals surface area contributed by atoms with Crippen LogP contribution in [0.3, 0.4) is 0 Å². The minimum Gasteiger partial charge on any atom is -0.465 e. The summed E-state index contributed by atoms with van der Waals surface area (Å²) < 4.78 is 32.7. The fraction of sp³-hybridized carbons (Fsp3) is 0.227. The van der Waals surface area contributed by atoms with E-state index in [4.69, 9.17) is 4.42 Å². The van der Waals surface area contributed by atoms with Crippen molar-refractivity contribution in [3.63, 3.8) is 0 Å². The molecule has 1 aliphatic rings. The highest BCUT2D eigenvalue weighted by molar-refractivity contribution is 8.00. The number of furan rings is 1. The Morgan fingerprint density at radius 1 is 1.19 bits per heavy atom. The minimum atomic E-state index is -0.726. The lowest BCUT2D eigenvalue weighted by molar-refractivity contribution is -0.118. The number of aromatic nitrogens is 1. The number of carbonyl (C=O) groups excluding carboxylic acids is 2. The Labute approximate surface area is 181 Å². The van der Waals surface area contributed by atoms with Gasteiger partial charge in [0, 0.05) is 6.07 Å². The van der Waals surface area contributed by atoms with E-state index >= 15 is 0 Å². The number of hydrogen-bond acceptors (Lipinski definition) is 5. The number of nitrogens with zero attached hydrogens (tertiary/aromatic N) is 2. The van der Waals surface area contributed by atoms with Crippen molar-refractivity contribution >= 4 is 29.4 Å². The van der Waals surface area contributed by atoms with Crippen molar-refractivity contribution in [3.8, 4) is 0 Å². The molecule has 6 nitrogen and oxygen atoms in total. The van der Waals surface area contributed by atoms with Crippen molar-refractivity contribution in [2.24, 2.45) is 0 Å². The molecule has 0 aliphatic carbocycles. The highest BCUT2D eigenvalue weighted by Crippen LogP contribution is 2.38. The van der Waals surface area contributed by atoms with Crippen molar-refractivity contribution in [1.82, 2.24) is 10.3 Å². The normalized spacial score (nSPS) is 15.7. The molecule has 9 heteroatoms. The van der Waals surface area contributed by atoms with E-state index in [0.717, 1.165) is 11.8 Å². The summed E-state index contributed by atoms with van der Waals surface area (Å²) in [5, 5.41) is 2.34. The van der Waals surface area contributed by atoms with Gasteiger partial charge in [0.1, 0.15) is 34.7 Å². The van der Waals surface area contributed by atoms with E-state index in [1.807, 2.05) is 6.92 Å². The first-order valence-corrected chi connectivity index (χ1v) is 10.5. The lowest BCUT2D eigenvalue weighted by Gasteiger charge is -2.31. The number of fused-ring (bicyclic) bond motifs is 1. The lowest BCUT2D eigenvalue weighted by Crippen LogP contribution is -2.40. The van der Waals surface area contributed by atoms with Gasteiger partial charge in [-0.2, -0.15) is 0 Å². The predicted molar refractivity (Wildman–Crippen MR) is 112 cm³/mol. The molecule has 1 N–H and O–H groups in total. The number of pyridine rings is 1. The summed E-state index contributed by atoms with van der Waals surface area (Å²) in [7, 11) is 0. The summed E-state index contributed by atoms with van der Waals surface area (Å²) in [4.78, 5) is 31.9. The minimum absolute atomic E-state index is 0.0604. The Balaban J connectivity index is 1.60. The van der Waals surface area contributed by atoms with Crippen molar-refractivity contribution in [1.29, 1.82) is 0 Å². The number of nitrogens with one attached hydrogen (secondary N) is 1. The highest BCUT2D eigenvalue weighted by Gasteiger charge is 2.32. The number of hydrogen-bond donors (Lipinski definition) is 1. The summed E-state index contributed by atoms with van der Waals surface area (Å²) in [6.07, 6.45) is 0. The van der Waals surface area contributed by atoms with Crippen LogP contribution >= 0.6 is 11.8 Å². The molecule has 1 unspecified atom stereocenters. The molecule has 0 radical (unpaired) electrons. The van der Waals surface area contributed by atoms with E-state index in [2.05, 4.69) is 10.3 Å². The Morgan fingerprint density at radius 3 is 2.61 bits per heavy atom. The van der Waals surface area contributed by atoms with Crippen molar-refractivity contribution < 1.29 is 22.8 Å². The fourth-order valence-corrected chi connectivity index (χ4v) is 4.30. The largest absolute Gasteiger partial charge is 0.465 e. The van der Waals surface area contributed by atoms with Gasteiger partial charge in [0.25, 0.3) is 5.91 Å². The van der Waals surface area contributed by atoms with Crippen LogP contribution in [0.25, 0.3) is 0 Å². The second kappa shape index (κ2) is 8.50. The second-order valence-electron chi connectivity index (χ2n) is 7.18. The van der Waals surface area contributed by atoms with Crippen LogP contribution in [0.5, 0.6) is 0 Å². The van der Waals surface area contributed by atoms with Gasteiger partial charge in [-0.1, -0.05) is 0 Å². The van der Waals surface area contributed by atoms with Crippen LogP contribution in [0.15, 0.2) is 51.8 Å². The average molecular weight is 443 g/mol. The van der Waals surface area contributed by atoms with E-state index in [9.17, 15) is 18.4 Å². The van der Waals surface area contributed by atoms with Gasteiger partial charge in [-0.3, -0.25) is 14.5 Å². The number of carbonyl (C=O) groups is 2. The molecule has 1 aromatic carbocycles. The molecule has 0 saturated heterocycles. The molecule has 4 rings (SSSR count). The molecular formula is C22H19F2N3O3S. The average Bonchev–Trinajstić information content (AvgIpc) is 3.14. The molecule has 2 amide bonds. The number of benzene rings is 1. The topological polar surface area (TPSA) is 75.4 Å². The van der Waals surface area contributed by atoms with Crippen molar-refractivity contribution in [3.05, 3.63) is 76.9 Å². The molecule has 0 bridgehead atoms. The van der Waals surface area contributed by atoms with Crippen LogP contribution in [0.2, 0.25) is 0 Å². The zero-order valence-electron chi connectivity index (χ0n) is 16.8. The third kappa shape index (κ3) is 4.61. The van der Waals surface area contributed by atoms with E-state index in [-0.39, 0.29) is 24.7 Å². The van der Waals surface area contributed by atoms with Crippen LogP contribution < -0.4 is 10.2 Å². The second-order valence-corrected chi connectivity index (χ2v) is 8.56. The van der Waals surface area contributed by atoms with Crippen molar-refractivity contribution in [2.75, 3.05) is 4.90 Å². The summed E-state index contributed by atoms with van der Waals surface area (Å²) in [6, 6.07) is 9.99. The number of thioether (sulfide) groups is 1. The highest BCUT2D eigenvalue weighted by atomic mass is 32.2. The molecule has 1 atom stereocenters. The quantitative estimate of drug-likeness (QED) is 0.639. The molecule has 3 heterocycles. The zero-order valence-corrected chi connectivity index (χ0v) is 17.6. The van der Waals surface area contributed by atoms with Crippen LogP contribution in [-0.4, -0.2) is 22.0 Å². The smallest absolute Gasteiger partial charge is 0.270 e. The van der Waals surface area contributed by atoms with Gasteiger partial charge in [-0.25, -0.2) is 13.8 Å². The Hall–Kier alpha value is -3.20. The first-order chi connectivity index (χ1) is 14.8. The monoisotopic (exact) mass is 443 g/mol. The van der Waals surface area contributed by atoms with Gasteiger partial charge in [0.05, 0.1) is 23.2 Å². The third-order valence-electron chi connectivity index (χ3n) is 4.73. The van der Waals surface area contributed by atoms with E-state index in [0.29, 0.717) is 22.0 Å². The molecule has 31 heavy (non-hydrogen) atoms. The number of halogens is 2. The van der Waals surface area contributed by atoms with Gasteiger partial charge in [-0.05, 0) is 55.8 Å². The third-order valence-corrected chi connectivity index (χ3v) is 5.86. The van der Waals surface area contributed by atoms with Crippen molar-refractivity contribution in [2.45, 2.75) is 37.1 Å².